The van der Waals surface area contributed by atoms with Crippen LogP contribution in [0, 0.1) is 0 Å². The predicted octanol–water partition coefficient (Wildman–Crippen LogP) is 2.42. The number of aliphatic imine (C=N–C) groups is 1. The first-order valence-electron chi connectivity index (χ1n) is 7.24. The van der Waals surface area contributed by atoms with Crippen LogP contribution in [0.2, 0.25) is 0 Å². The molecule has 0 spiro atoms. The van der Waals surface area contributed by atoms with Gasteiger partial charge in [-0.1, -0.05) is 22.0 Å². The van der Waals surface area contributed by atoms with Gasteiger partial charge in [-0.25, -0.2) is 0 Å². The SMILES string of the molecule is CCNC(=NCCOCC)NCCOc1cccc(Br)c1. The minimum Gasteiger partial charge on any atom is -0.492 e. The van der Waals surface area contributed by atoms with Gasteiger partial charge >= 0.3 is 0 Å². The fraction of sp³-hybridized carbons (Fsp3) is 0.533. The number of hydrogen-bond acceptors (Lipinski definition) is 3. The smallest absolute Gasteiger partial charge is 0.191 e. The van der Waals surface area contributed by atoms with E-state index in [2.05, 4.69) is 31.6 Å². The first kappa shape index (κ1) is 17.8. The van der Waals surface area contributed by atoms with Gasteiger partial charge in [-0.15, -0.1) is 0 Å². The van der Waals surface area contributed by atoms with Crippen LogP contribution in [-0.2, 0) is 4.74 Å². The van der Waals surface area contributed by atoms with Crippen molar-refractivity contribution in [1.29, 1.82) is 0 Å². The standard InChI is InChI=1S/C15H24BrN3O2/c1-3-17-15(18-8-10-20-4-2)19-9-11-21-14-7-5-6-13(16)12-14/h5-7,12H,3-4,8-11H2,1-2H3,(H2,17,18,19). The van der Waals surface area contributed by atoms with E-state index in [1.165, 1.54) is 0 Å². The van der Waals surface area contributed by atoms with Gasteiger partial charge in [0, 0.05) is 17.6 Å². The lowest BCUT2D eigenvalue weighted by Gasteiger charge is -2.12. The molecule has 0 radical (unpaired) electrons. The van der Waals surface area contributed by atoms with Crippen LogP contribution in [-0.4, -0.2) is 45.4 Å². The van der Waals surface area contributed by atoms with Crippen molar-refractivity contribution < 1.29 is 9.47 Å². The third-order valence-corrected chi connectivity index (χ3v) is 3.01. The molecule has 0 bridgehead atoms. The molecule has 0 saturated carbocycles. The lowest BCUT2D eigenvalue weighted by atomic mass is 10.3. The van der Waals surface area contributed by atoms with Crippen molar-refractivity contribution >= 4 is 21.9 Å². The molecule has 0 aliphatic carbocycles. The van der Waals surface area contributed by atoms with Crippen LogP contribution in [0.15, 0.2) is 33.7 Å². The average Bonchev–Trinajstić information content (AvgIpc) is 2.48. The van der Waals surface area contributed by atoms with Crippen molar-refractivity contribution in [1.82, 2.24) is 10.6 Å². The van der Waals surface area contributed by atoms with Crippen LogP contribution in [0.3, 0.4) is 0 Å². The zero-order valence-corrected chi connectivity index (χ0v) is 14.3. The Morgan fingerprint density at radius 2 is 2.10 bits per heavy atom. The molecule has 2 N–H and O–H groups in total. The van der Waals surface area contributed by atoms with E-state index in [4.69, 9.17) is 9.47 Å². The highest BCUT2D eigenvalue weighted by molar-refractivity contribution is 9.10. The van der Waals surface area contributed by atoms with Crippen LogP contribution < -0.4 is 15.4 Å². The number of nitrogens with one attached hydrogen (secondary N) is 2. The van der Waals surface area contributed by atoms with E-state index >= 15 is 0 Å². The molecule has 0 saturated heterocycles. The number of nitrogens with zero attached hydrogens (tertiary/aromatic N) is 1. The molecule has 0 aliphatic rings. The summed E-state index contributed by atoms with van der Waals surface area (Å²) >= 11 is 3.42. The maximum Gasteiger partial charge on any atom is 0.191 e. The molecule has 0 heterocycles. The minimum absolute atomic E-state index is 0.576. The molecule has 0 atom stereocenters. The Balaban J connectivity index is 2.26. The van der Waals surface area contributed by atoms with Crippen molar-refractivity contribution in [2.45, 2.75) is 13.8 Å². The molecule has 1 rings (SSSR count). The van der Waals surface area contributed by atoms with E-state index in [1.807, 2.05) is 38.1 Å². The van der Waals surface area contributed by atoms with Crippen molar-refractivity contribution in [2.24, 2.45) is 4.99 Å². The summed E-state index contributed by atoms with van der Waals surface area (Å²) in [7, 11) is 0. The third kappa shape index (κ3) is 8.57. The number of ether oxygens (including phenoxy) is 2. The zero-order chi connectivity index (χ0) is 15.3. The van der Waals surface area contributed by atoms with Gasteiger partial charge in [0.25, 0.3) is 0 Å². The molecule has 0 aromatic heterocycles. The summed E-state index contributed by atoms with van der Waals surface area (Å²) < 4.78 is 11.9. The molecule has 6 heteroatoms. The van der Waals surface area contributed by atoms with E-state index in [-0.39, 0.29) is 0 Å². The molecule has 21 heavy (non-hydrogen) atoms. The average molecular weight is 358 g/mol. The quantitative estimate of drug-likeness (QED) is 0.404. The molecule has 0 aliphatic heterocycles. The molecule has 1 aromatic carbocycles. The fourth-order valence-electron chi connectivity index (χ4n) is 1.60. The second-order valence-corrected chi connectivity index (χ2v) is 5.11. The highest BCUT2D eigenvalue weighted by Crippen LogP contribution is 2.17. The lowest BCUT2D eigenvalue weighted by Crippen LogP contribution is -2.39. The molecular formula is C15H24BrN3O2. The van der Waals surface area contributed by atoms with Crippen LogP contribution in [0.1, 0.15) is 13.8 Å². The van der Waals surface area contributed by atoms with E-state index in [0.717, 1.165) is 29.3 Å². The summed E-state index contributed by atoms with van der Waals surface area (Å²) in [5.74, 6) is 1.64. The summed E-state index contributed by atoms with van der Waals surface area (Å²) in [4.78, 5) is 4.42. The molecule has 0 amide bonds. The first-order valence-corrected chi connectivity index (χ1v) is 8.03. The minimum atomic E-state index is 0.576. The normalized spacial score (nSPS) is 11.3. The maximum absolute atomic E-state index is 5.66. The topological polar surface area (TPSA) is 54.9 Å². The second kappa shape index (κ2) is 11.4. The lowest BCUT2D eigenvalue weighted by molar-refractivity contribution is 0.155. The van der Waals surface area contributed by atoms with E-state index in [9.17, 15) is 0 Å². The van der Waals surface area contributed by atoms with Crippen LogP contribution >= 0.6 is 15.9 Å². The zero-order valence-electron chi connectivity index (χ0n) is 12.7. The molecule has 118 valence electrons. The second-order valence-electron chi connectivity index (χ2n) is 4.19. The van der Waals surface area contributed by atoms with Crippen molar-refractivity contribution in [2.75, 3.05) is 39.5 Å². The Kier molecular flexibility index (Phi) is 9.65. The van der Waals surface area contributed by atoms with Gasteiger partial charge in [-0.2, -0.15) is 0 Å². The van der Waals surface area contributed by atoms with E-state index < -0.39 is 0 Å². The van der Waals surface area contributed by atoms with E-state index in [0.29, 0.717) is 26.3 Å². The highest BCUT2D eigenvalue weighted by Gasteiger charge is 1.98. The van der Waals surface area contributed by atoms with Crippen LogP contribution in [0.4, 0.5) is 0 Å². The number of rotatable bonds is 9. The molecule has 0 unspecified atom stereocenters. The number of benzene rings is 1. The highest BCUT2D eigenvalue weighted by atomic mass is 79.9. The number of halogens is 1. The van der Waals surface area contributed by atoms with Crippen LogP contribution in [0.5, 0.6) is 5.75 Å². The summed E-state index contributed by atoms with van der Waals surface area (Å²) in [5, 5.41) is 6.42. The Hall–Kier alpha value is -1.27. The van der Waals surface area contributed by atoms with E-state index in [1.54, 1.807) is 0 Å². The van der Waals surface area contributed by atoms with Gasteiger partial charge in [0.05, 0.1) is 19.7 Å². The first-order chi connectivity index (χ1) is 10.3. The van der Waals surface area contributed by atoms with Crippen molar-refractivity contribution in [3.63, 3.8) is 0 Å². The van der Waals surface area contributed by atoms with Gasteiger partial charge in [0.15, 0.2) is 5.96 Å². The van der Waals surface area contributed by atoms with Gasteiger partial charge in [0.1, 0.15) is 12.4 Å². The largest absolute Gasteiger partial charge is 0.492 e. The van der Waals surface area contributed by atoms with Gasteiger partial charge in [-0.3, -0.25) is 4.99 Å². The van der Waals surface area contributed by atoms with Gasteiger partial charge < -0.3 is 20.1 Å². The third-order valence-electron chi connectivity index (χ3n) is 2.51. The van der Waals surface area contributed by atoms with Gasteiger partial charge in [-0.05, 0) is 32.0 Å². The summed E-state index contributed by atoms with van der Waals surface area (Å²) in [6.45, 7) is 8.12. The Bertz CT molecular complexity index is 427. The maximum atomic E-state index is 5.66. The Morgan fingerprint density at radius 3 is 2.81 bits per heavy atom. The summed E-state index contributed by atoms with van der Waals surface area (Å²) in [6.07, 6.45) is 0. The molecular weight excluding hydrogens is 334 g/mol. The summed E-state index contributed by atoms with van der Waals surface area (Å²) in [5.41, 5.74) is 0. The Labute approximate surface area is 135 Å². The fourth-order valence-corrected chi connectivity index (χ4v) is 1.98. The monoisotopic (exact) mass is 357 g/mol. The van der Waals surface area contributed by atoms with Gasteiger partial charge in [0.2, 0.25) is 0 Å². The molecule has 5 nitrogen and oxygen atoms in total. The van der Waals surface area contributed by atoms with Crippen molar-refractivity contribution in [3.8, 4) is 5.75 Å². The number of guanidine groups is 1. The van der Waals surface area contributed by atoms with Crippen LogP contribution in [0.25, 0.3) is 0 Å². The molecule has 1 aromatic rings. The van der Waals surface area contributed by atoms with Crippen molar-refractivity contribution in [3.05, 3.63) is 28.7 Å². The number of hydrogen-bond donors (Lipinski definition) is 2. The Morgan fingerprint density at radius 1 is 1.24 bits per heavy atom. The predicted molar refractivity (Wildman–Crippen MR) is 90.1 cm³/mol. The summed E-state index contributed by atoms with van der Waals surface area (Å²) in [6, 6.07) is 7.80. The molecule has 0 fully saturated rings.